The van der Waals surface area contributed by atoms with Gasteiger partial charge in [0, 0.05) is 6.54 Å². The fraction of sp³-hybridized carbons (Fsp3) is 0.556. The highest BCUT2D eigenvalue weighted by Crippen LogP contribution is 2.61. The molecule has 0 aromatic carbocycles. The molecule has 1 amide bonds. The van der Waals surface area contributed by atoms with Crippen molar-refractivity contribution in [3.8, 4) is 0 Å². The van der Waals surface area contributed by atoms with Crippen LogP contribution in [0.1, 0.15) is 6.42 Å². The molecule has 2 unspecified atom stereocenters. The van der Waals surface area contributed by atoms with E-state index >= 15 is 0 Å². The summed E-state index contributed by atoms with van der Waals surface area (Å²) in [6, 6.07) is 0. The van der Waals surface area contributed by atoms with Gasteiger partial charge in [0.25, 0.3) is 0 Å². The molecule has 0 aromatic rings. The number of hydrogen-bond acceptors (Lipinski definition) is 8. The van der Waals surface area contributed by atoms with E-state index < -0.39 is 69.2 Å². The summed E-state index contributed by atoms with van der Waals surface area (Å²) in [5.74, 6) is -4.60. The molecule has 8 N–H and O–H groups in total. The third-order valence-electron chi connectivity index (χ3n) is 2.94. The van der Waals surface area contributed by atoms with E-state index in [2.05, 4.69) is 4.74 Å². The van der Waals surface area contributed by atoms with Crippen LogP contribution in [0.4, 0.5) is 0 Å². The minimum absolute atomic E-state index is 0.705. The van der Waals surface area contributed by atoms with E-state index in [1.807, 2.05) is 5.32 Å². The van der Waals surface area contributed by atoms with Gasteiger partial charge in [-0.1, -0.05) is 0 Å². The number of hydrogen-bond donors (Lipinski definition) is 8. The SMILES string of the molecule is O=C(CC(P(=O)(O)O)P(=O)(O)O)NCC(O)C1OC(=O)C(O)=C1O. The molecular weight excluding hydrogens is 376 g/mol. The molecule has 0 aromatic heterocycles. The van der Waals surface area contributed by atoms with Crippen LogP contribution in [0.5, 0.6) is 0 Å². The van der Waals surface area contributed by atoms with Gasteiger partial charge in [-0.05, 0) is 0 Å². The molecule has 24 heavy (non-hydrogen) atoms. The molecule has 2 atom stereocenters. The first kappa shape index (κ1) is 20.6. The molecule has 0 fully saturated rings. The first-order valence-electron chi connectivity index (χ1n) is 6.13. The summed E-state index contributed by atoms with van der Waals surface area (Å²) >= 11 is 0. The maximum Gasteiger partial charge on any atom is 0.377 e. The van der Waals surface area contributed by atoms with Crippen molar-refractivity contribution < 1.29 is 58.3 Å². The van der Waals surface area contributed by atoms with Crippen molar-refractivity contribution in [2.45, 2.75) is 24.0 Å². The predicted octanol–water partition coefficient (Wildman–Crippen LogP) is -2.21. The second kappa shape index (κ2) is 7.19. The summed E-state index contributed by atoms with van der Waals surface area (Å²) < 4.78 is 26.5. The molecule has 1 rings (SSSR count). The molecule has 15 heteroatoms. The Kier molecular flexibility index (Phi) is 6.17. The monoisotopic (exact) mass is 391 g/mol. The van der Waals surface area contributed by atoms with Crippen LogP contribution < -0.4 is 5.32 Å². The number of carbonyl (C=O) groups excluding carboxylic acids is 2. The van der Waals surface area contributed by atoms with Gasteiger partial charge in [-0.3, -0.25) is 13.9 Å². The quantitative estimate of drug-likeness (QED) is 0.170. The molecule has 0 saturated carbocycles. The van der Waals surface area contributed by atoms with E-state index in [1.165, 1.54) is 0 Å². The zero-order chi connectivity index (χ0) is 18.9. The predicted molar refractivity (Wildman–Crippen MR) is 73.7 cm³/mol. The van der Waals surface area contributed by atoms with Crippen LogP contribution in [0.2, 0.25) is 0 Å². The maximum atomic E-state index is 11.5. The molecule has 0 bridgehead atoms. The van der Waals surface area contributed by atoms with E-state index in [0.29, 0.717) is 0 Å². The lowest BCUT2D eigenvalue weighted by atomic mass is 10.1. The summed E-state index contributed by atoms with van der Waals surface area (Å²) in [5.41, 5.74) is 0. The Bertz CT molecular complexity index is 625. The van der Waals surface area contributed by atoms with Crippen molar-refractivity contribution in [3.63, 3.8) is 0 Å². The summed E-state index contributed by atoms with van der Waals surface area (Å²) in [4.78, 5) is 58.0. The van der Waals surface area contributed by atoms with Crippen molar-refractivity contribution in [3.05, 3.63) is 11.5 Å². The lowest BCUT2D eigenvalue weighted by Gasteiger charge is -2.20. The Balaban J connectivity index is 2.65. The highest BCUT2D eigenvalue weighted by Gasteiger charge is 2.45. The second-order valence-electron chi connectivity index (χ2n) is 4.79. The highest BCUT2D eigenvalue weighted by atomic mass is 31.2. The van der Waals surface area contributed by atoms with Crippen LogP contribution in [0, 0.1) is 0 Å². The van der Waals surface area contributed by atoms with Gasteiger partial charge >= 0.3 is 21.2 Å². The number of aliphatic hydroxyl groups excluding tert-OH is 3. The second-order valence-corrected chi connectivity index (χ2v) is 8.80. The van der Waals surface area contributed by atoms with Crippen LogP contribution in [0.3, 0.4) is 0 Å². The number of rotatable bonds is 7. The first-order valence-corrected chi connectivity index (χ1v) is 9.49. The molecule has 0 spiro atoms. The van der Waals surface area contributed by atoms with E-state index in [0.717, 1.165) is 0 Å². The van der Waals surface area contributed by atoms with E-state index in [9.17, 15) is 28.9 Å². The van der Waals surface area contributed by atoms with E-state index in [1.54, 1.807) is 0 Å². The van der Waals surface area contributed by atoms with Gasteiger partial charge < -0.3 is 44.9 Å². The van der Waals surface area contributed by atoms with Gasteiger partial charge in [-0.25, -0.2) is 4.79 Å². The zero-order valence-corrected chi connectivity index (χ0v) is 13.5. The zero-order valence-electron chi connectivity index (χ0n) is 11.7. The molecule has 0 aliphatic carbocycles. The normalized spacial score (nSPS) is 20.2. The minimum Gasteiger partial charge on any atom is -0.505 e. The molecule has 138 valence electrons. The minimum atomic E-state index is -5.28. The average Bonchev–Trinajstić information content (AvgIpc) is 2.67. The summed E-state index contributed by atoms with van der Waals surface area (Å²) in [6.45, 7) is -0.705. The fourth-order valence-corrected chi connectivity index (χ4v) is 4.10. The molecule has 0 radical (unpaired) electrons. The van der Waals surface area contributed by atoms with Gasteiger partial charge in [-0.15, -0.1) is 0 Å². The molecule has 13 nitrogen and oxygen atoms in total. The molecular formula is C9H15NO12P2. The van der Waals surface area contributed by atoms with Gasteiger partial charge in [0.1, 0.15) is 6.10 Å². The van der Waals surface area contributed by atoms with Crippen LogP contribution in [0.15, 0.2) is 11.5 Å². The summed E-state index contributed by atoms with van der Waals surface area (Å²) in [5, 5.41) is 27.4. The third kappa shape index (κ3) is 5.02. The number of nitrogens with one attached hydrogen (secondary N) is 1. The topological polar surface area (TPSA) is 231 Å². The number of esters is 1. The Morgan fingerprint density at radius 3 is 2.04 bits per heavy atom. The van der Waals surface area contributed by atoms with Crippen LogP contribution in [0.25, 0.3) is 0 Å². The standard InChI is InChI=1S/C9H15NO12P2/c11-3(8-6(13)7(14)9(15)22-8)2-10-4(12)1-5(23(16,17)18)24(19,20)21/h3,5,8,11,13-14H,1-2H2,(H,10,12)(H2,16,17,18)(H2,19,20,21). The highest BCUT2D eigenvalue weighted by molar-refractivity contribution is 7.70. The van der Waals surface area contributed by atoms with Gasteiger partial charge in [0.2, 0.25) is 11.7 Å². The number of amides is 1. The fourth-order valence-electron chi connectivity index (χ4n) is 1.72. The Hall–Kier alpha value is -1.46. The lowest BCUT2D eigenvalue weighted by molar-refractivity contribution is -0.146. The van der Waals surface area contributed by atoms with Crippen molar-refractivity contribution >= 4 is 27.1 Å². The molecule has 1 aliphatic heterocycles. The van der Waals surface area contributed by atoms with Crippen molar-refractivity contribution in [2.75, 3.05) is 6.54 Å². The van der Waals surface area contributed by atoms with Gasteiger partial charge in [-0.2, -0.15) is 0 Å². The number of ether oxygens (including phenoxy) is 1. The van der Waals surface area contributed by atoms with E-state index in [4.69, 9.17) is 24.7 Å². The number of aliphatic hydroxyl groups is 3. The first-order chi connectivity index (χ1) is 10.7. The van der Waals surface area contributed by atoms with Crippen LogP contribution in [-0.4, -0.2) is 70.9 Å². The Morgan fingerprint density at radius 2 is 1.67 bits per heavy atom. The molecule has 0 saturated heterocycles. The lowest BCUT2D eigenvalue weighted by Crippen LogP contribution is -2.40. The van der Waals surface area contributed by atoms with Crippen molar-refractivity contribution in [1.82, 2.24) is 5.32 Å². The Labute approximate surface area is 133 Å². The third-order valence-corrected chi connectivity index (χ3v) is 6.67. The Morgan fingerprint density at radius 1 is 1.17 bits per heavy atom. The maximum absolute atomic E-state index is 11.5. The van der Waals surface area contributed by atoms with Gasteiger partial charge in [0.15, 0.2) is 17.3 Å². The van der Waals surface area contributed by atoms with Crippen LogP contribution in [-0.2, 0) is 23.5 Å². The smallest absolute Gasteiger partial charge is 0.377 e. The largest absolute Gasteiger partial charge is 0.505 e. The van der Waals surface area contributed by atoms with E-state index in [-0.39, 0.29) is 0 Å². The summed E-state index contributed by atoms with van der Waals surface area (Å²) in [6.07, 6.45) is -4.64. The number of carbonyl (C=O) groups is 2. The average molecular weight is 391 g/mol. The van der Waals surface area contributed by atoms with Crippen molar-refractivity contribution in [1.29, 1.82) is 0 Å². The van der Waals surface area contributed by atoms with Crippen LogP contribution >= 0.6 is 15.2 Å². The summed E-state index contributed by atoms with van der Waals surface area (Å²) in [7, 11) is -10.6. The molecule has 1 heterocycles. The van der Waals surface area contributed by atoms with Gasteiger partial charge in [0.05, 0.1) is 6.42 Å². The molecule has 1 aliphatic rings. The van der Waals surface area contributed by atoms with Crippen molar-refractivity contribution in [2.24, 2.45) is 0 Å². The number of cyclic esters (lactones) is 1.